The van der Waals surface area contributed by atoms with Crippen LogP contribution >= 0.6 is 11.7 Å². The van der Waals surface area contributed by atoms with E-state index in [1.54, 1.807) is 7.11 Å². The standard InChI is InChI=1S/C21H18N6O3S/c1-30-15-4-2-3-13(7-15)10-22-20(28)18-9-19(25-12-24-18)21(29)23-11-14-5-6-16-17(8-14)27-31-26-16/h2-9,12H,10-11H2,1H3,(H,22,28)(H,23,29). The molecule has 31 heavy (non-hydrogen) atoms. The number of methoxy groups -OCH3 is 1. The summed E-state index contributed by atoms with van der Waals surface area (Å²) < 4.78 is 13.5. The van der Waals surface area contributed by atoms with Crippen molar-refractivity contribution in [1.29, 1.82) is 0 Å². The normalized spacial score (nSPS) is 10.6. The second-order valence-electron chi connectivity index (χ2n) is 6.59. The van der Waals surface area contributed by atoms with Crippen molar-refractivity contribution < 1.29 is 14.3 Å². The van der Waals surface area contributed by atoms with E-state index >= 15 is 0 Å². The molecule has 0 aliphatic heterocycles. The maximum atomic E-state index is 12.5. The molecule has 2 amide bonds. The van der Waals surface area contributed by atoms with Crippen molar-refractivity contribution in [3.8, 4) is 5.75 Å². The fraction of sp³-hybridized carbons (Fsp3) is 0.143. The van der Waals surface area contributed by atoms with E-state index in [4.69, 9.17) is 4.74 Å². The lowest BCUT2D eigenvalue weighted by Crippen LogP contribution is -2.27. The summed E-state index contributed by atoms with van der Waals surface area (Å²) in [5.74, 6) is -0.0977. The number of benzene rings is 2. The van der Waals surface area contributed by atoms with E-state index in [0.717, 1.165) is 33.9 Å². The Hall–Kier alpha value is -3.92. The molecule has 2 aromatic heterocycles. The number of ether oxygens (including phenoxy) is 1. The lowest BCUT2D eigenvalue weighted by molar-refractivity contribution is 0.0944. The van der Waals surface area contributed by atoms with Crippen LogP contribution in [0.4, 0.5) is 0 Å². The average molecular weight is 434 g/mol. The predicted octanol–water partition coefficient (Wildman–Crippen LogP) is 2.35. The summed E-state index contributed by atoms with van der Waals surface area (Å²) >= 11 is 1.14. The average Bonchev–Trinajstić information content (AvgIpc) is 3.29. The Morgan fingerprint density at radius 3 is 2.26 bits per heavy atom. The van der Waals surface area contributed by atoms with Gasteiger partial charge in [0.25, 0.3) is 11.8 Å². The molecule has 0 saturated heterocycles. The van der Waals surface area contributed by atoms with E-state index in [0.29, 0.717) is 18.8 Å². The van der Waals surface area contributed by atoms with E-state index in [9.17, 15) is 9.59 Å². The fourth-order valence-corrected chi connectivity index (χ4v) is 3.39. The number of nitrogens with zero attached hydrogens (tertiary/aromatic N) is 4. The van der Waals surface area contributed by atoms with Gasteiger partial charge in [-0.2, -0.15) is 8.75 Å². The Balaban J connectivity index is 1.37. The quantitative estimate of drug-likeness (QED) is 0.458. The van der Waals surface area contributed by atoms with E-state index < -0.39 is 11.8 Å². The van der Waals surface area contributed by atoms with Crippen LogP contribution in [0.3, 0.4) is 0 Å². The number of hydrogen-bond donors (Lipinski definition) is 2. The molecule has 0 radical (unpaired) electrons. The second-order valence-corrected chi connectivity index (χ2v) is 7.12. The Morgan fingerprint density at radius 1 is 0.871 bits per heavy atom. The molecule has 0 atom stereocenters. The zero-order valence-corrected chi connectivity index (χ0v) is 17.3. The number of fused-ring (bicyclic) bond motifs is 1. The third-order valence-electron chi connectivity index (χ3n) is 4.49. The first-order valence-electron chi connectivity index (χ1n) is 9.35. The second kappa shape index (κ2) is 9.26. The minimum atomic E-state index is -0.402. The zero-order valence-electron chi connectivity index (χ0n) is 16.5. The summed E-state index contributed by atoms with van der Waals surface area (Å²) in [7, 11) is 1.58. The third kappa shape index (κ3) is 4.98. The molecule has 0 spiro atoms. The molecule has 2 N–H and O–H groups in total. The molecule has 9 nitrogen and oxygen atoms in total. The number of rotatable bonds is 7. The van der Waals surface area contributed by atoms with Crippen LogP contribution in [0.1, 0.15) is 32.1 Å². The van der Waals surface area contributed by atoms with E-state index in [1.165, 1.54) is 12.4 Å². The SMILES string of the molecule is COc1cccc(CNC(=O)c2cc(C(=O)NCc3ccc4nsnc4c3)ncn2)c1. The van der Waals surface area contributed by atoms with Gasteiger partial charge in [0.1, 0.15) is 34.5 Å². The van der Waals surface area contributed by atoms with E-state index in [2.05, 4.69) is 29.3 Å². The lowest BCUT2D eigenvalue weighted by Gasteiger charge is -2.08. The van der Waals surface area contributed by atoms with Crippen molar-refractivity contribution in [2.45, 2.75) is 13.1 Å². The van der Waals surface area contributed by atoms with Gasteiger partial charge in [-0.05, 0) is 35.4 Å². The highest BCUT2D eigenvalue weighted by molar-refractivity contribution is 7.00. The molecular formula is C21H18N6O3S. The highest BCUT2D eigenvalue weighted by Crippen LogP contribution is 2.14. The minimum absolute atomic E-state index is 0.109. The Morgan fingerprint density at radius 2 is 1.55 bits per heavy atom. The summed E-state index contributed by atoms with van der Waals surface area (Å²) in [6.45, 7) is 0.600. The molecule has 2 heterocycles. The van der Waals surface area contributed by atoms with E-state index in [1.807, 2.05) is 42.5 Å². The van der Waals surface area contributed by atoms with Gasteiger partial charge in [0, 0.05) is 19.2 Å². The summed E-state index contributed by atoms with van der Waals surface area (Å²) in [6, 6.07) is 14.3. The van der Waals surface area contributed by atoms with Crippen LogP contribution in [0.2, 0.25) is 0 Å². The number of carbonyl (C=O) groups is 2. The molecule has 4 rings (SSSR count). The minimum Gasteiger partial charge on any atom is -0.497 e. The summed E-state index contributed by atoms with van der Waals surface area (Å²) in [4.78, 5) is 32.9. The molecule has 0 bridgehead atoms. The van der Waals surface area contributed by atoms with Crippen molar-refractivity contribution >= 4 is 34.6 Å². The molecule has 156 valence electrons. The number of hydrogen-bond acceptors (Lipinski definition) is 8. The van der Waals surface area contributed by atoms with Crippen LogP contribution in [0.15, 0.2) is 54.9 Å². The van der Waals surface area contributed by atoms with Crippen molar-refractivity contribution in [3.63, 3.8) is 0 Å². The van der Waals surface area contributed by atoms with Crippen molar-refractivity contribution in [3.05, 3.63) is 77.4 Å². The van der Waals surface area contributed by atoms with E-state index in [-0.39, 0.29) is 11.4 Å². The van der Waals surface area contributed by atoms with Crippen molar-refractivity contribution in [2.75, 3.05) is 7.11 Å². The molecule has 2 aromatic carbocycles. The van der Waals surface area contributed by atoms with Gasteiger partial charge in [0.15, 0.2) is 0 Å². The third-order valence-corrected chi connectivity index (χ3v) is 5.05. The summed E-state index contributed by atoms with van der Waals surface area (Å²) in [5, 5.41) is 5.57. The highest BCUT2D eigenvalue weighted by atomic mass is 32.1. The first-order chi connectivity index (χ1) is 15.1. The molecule has 4 aromatic rings. The predicted molar refractivity (Wildman–Crippen MR) is 115 cm³/mol. The van der Waals surface area contributed by atoms with Crippen molar-refractivity contribution in [1.82, 2.24) is 29.3 Å². The Labute approximate surface area is 181 Å². The van der Waals surface area contributed by atoms with Gasteiger partial charge >= 0.3 is 0 Å². The first-order valence-corrected chi connectivity index (χ1v) is 10.1. The number of aromatic nitrogens is 4. The van der Waals surface area contributed by atoms with Gasteiger partial charge in [-0.1, -0.05) is 18.2 Å². The fourth-order valence-electron chi connectivity index (χ4n) is 2.87. The lowest BCUT2D eigenvalue weighted by atomic mass is 10.2. The van der Waals surface area contributed by atoms with Gasteiger partial charge in [0.05, 0.1) is 18.8 Å². The summed E-state index contributed by atoms with van der Waals surface area (Å²) in [6.07, 6.45) is 1.20. The van der Waals surface area contributed by atoms with Gasteiger partial charge in [0.2, 0.25) is 0 Å². The van der Waals surface area contributed by atoms with Gasteiger partial charge in [-0.3, -0.25) is 9.59 Å². The topological polar surface area (TPSA) is 119 Å². The van der Waals surface area contributed by atoms with Crippen LogP contribution in [0, 0.1) is 0 Å². The van der Waals surface area contributed by atoms with Crippen LogP contribution in [-0.4, -0.2) is 37.6 Å². The maximum absolute atomic E-state index is 12.5. The molecule has 0 saturated carbocycles. The Kier molecular flexibility index (Phi) is 6.08. The smallest absolute Gasteiger partial charge is 0.270 e. The highest BCUT2D eigenvalue weighted by Gasteiger charge is 2.13. The summed E-state index contributed by atoms with van der Waals surface area (Å²) in [5.41, 5.74) is 3.59. The van der Waals surface area contributed by atoms with Crippen LogP contribution in [-0.2, 0) is 13.1 Å². The number of amides is 2. The molecule has 0 aliphatic rings. The van der Waals surface area contributed by atoms with Gasteiger partial charge in [-0.25, -0.2) is 9.97 Å². The maximum Gasteiger partial charge on any atom is 0.270 e. The van der Waals surface area contributed by atoms with Crippen LogP contribution in [0.25, 0.3) is 11.0 Å². The number of carbonyl (C=O) groups excluding carboxylic acids is 2. The van der Waals surface area contributed by atoms with Crippen LogP contribution in [0.5, 0.6) is 5.75 Å². The monoisotopic (exact) mass is 434 g/mol. The molecule has 0 unspecified atom stereocenters. The van der Waals surface area contributed by atoms with Crippen LogP contribution < -0.4 is 15.4 Å². The Bertz CT molecular complexity index is 1240. The molecule has 0 aliphatic carbocycles. The molecular weight excluding hydrogens is 416 g/mol. The first kappa shape index (κ1) is 20.4. The van der Waals surface area contributed by atoms with Gasteiger partial charge in [-0.15, -0.1) is 0 Å². The molecule has 10 heteroatoms. The van der Waals surface area contributed by atoms with Gasteiger partial charge < -0.3 is 15.4 Å². The van der Waals surface area contributed by atoms with Crippen molar-refractivity contribution in [2.24, 2.45) is 0 Å². The zero-order chi connectivity index (χ0) is 21.6. The number of nitrogens with one attached hydrogen (secondary N) is 2. The molecule has 0 fully saturated rings. The largest absolute Gasteiger partial charge is 0.497 e.